The summed E-state index contributed by atoms with van der Waals surface area (Å²) in [6.45, 7) is 4.86. The van der Waals surface area contributed by atoms with Crippen LogP contribution in [0.2, 0.25) is 0 Å². The zero-order valence-corrected chi connectivity index (χ0v) is 13.0. The molecule has 1 aliphatic carbocycles. The smallest absolute Gasteiger partial charge is 0.237 e. The number of nitrogens with two attached hydrogens (primary N) is 1. The number of likely N-dealkylation sites (N-methyl/N-ethyl adjacent to an activating group) is 1. The predicted octanol–water partition coefficient (Wildman–Crippen LogP) is 2.40. The van der Waals surface area contributed by atoms with Crippen LogP contribution in [0.25, 0.3) is 0 Å². The van der Waals surface area contributed by atoms with Gasteiger partial charge in [-0.15, -0.1) is 0 Å². The summed E-state index contributed by atoms with van der Waals surface area (Å²) < 4.78 is 6.10. The molecule has 4 nitrogen and oxygen atoms in total. The maximum absolute atomic E-state index is 11.9. The summed E-state index contributed by atoms with van der Waals surface area (Å²) in [6.07, 6.45) is 4.39. The van der Waals surface area contributed by atoms with Gasteiger partial charge in [-0.05, 0) is 49.9 Å². The number of nitrogens with one attached hydrogen (secondary N) is 1. The molecule has 21 heavy (non-hydrogen) atoms. The van der Waals surface area contributed by atoms with Crippen molar-refractivity contribution in [3.63, 3.8) is 0 Å². The fourth-order valence-electron chi connectivity index (χ4n) is 3.17. The van der Waals surface area contributed by atoms with Crippen LogP contribution in [0.5, 0.6) is 5.75 Å². The summed E-state index contributed by atoms with van der Waals surface area (Å²) in [4.78, 5) is 11.9. The molecule has 1 aromatic rings. The lowest BCUT2D eigenvalue weighted by Crippen LogP contribution is -2.59. The molecular formula is C17H26N2O2. The quantitative estimate of drug-likeness (QED) is 0.845. The second-order valence-corrected chi connectivity index (χ2v) is 5.81. The Balaban J connectivity index is 2.08. The number of rotatable bonds is 6. The first-order valence-electron chi connectivity index (χ1n) is 7.90. The van der Waals surface area contributed by atoms with E-state index in [4.69, 9.17) is 10.5 Å². The first-order valence-corrected chi connectivity index (χ1v) is 7.90. The van der Waals surface area contributed by atoms with Crippen molar-refractivity contribution >= 4 is 5.91 Å². The summed E-state index contributed by atoms with van der Waals surface area (Å²) in [5.74, 6) is 0.621. The van der Waals surface area contributed by atoms with E-state index in [1.807, 2.05) is 19.1 Å². The first-order chi connectivity index (χ1) is 10.1. The average Bonchev–Trinajstić information content (AvgIpc) is 2.48. The minimum atomic E-state index is -0.611. The Morgan fingerprint density at radius 3 is 2.95 bits per heavy atom. The molecule has 0 aliphatic heterocycles. The molecule has 0 aromatic heterocycles. The molecule has 4 heteroatoms. The Morgan fingerprint density at radius 1 is 1.48 bits per heavy atom. The van der Waals surface area contributed by atoms with Gasteiger partial charge >= 0.3 is 0 Å². The van der Waals surface area contributed by atoms with Crippen molar-refractivity contribution in [3.8, 4) is 5.75 Å². The Morgan fingerprint density at radius 2 is 2.29 bits per heavy atom. The number of aryl methyl sites for hydroxylation is 1. The van der Waals surface area contributed by atoms with Crippen LogP contribution in [0.3, 0.4) is 0 Å². The van der Waals surface area contributed by atoms with Gasteiger partial charge in [-0.1, -0.05) is 26.0 Å². The van der Waals surface area contributed by atoms with Crippen LogP contribution in [-0.2, 0) is 11.2 Å². The Kier molecular flexibility index (Phi) is 5.23. The fraction of sp³-hybridized carbons (Fsp3) is 0.588. The lowest BCUT2D eigenvalue weighted by Gasteiger charge is -2.39. The Hall–Kier alpha value is -1.55. The van der Waals surface area contributed by atoms with Crippen LogP contribution in [0, 0.1) is 0 Å². The van der Waals surface area contributed by atoms with Gasteiger partial charge in [0, 0.05) is 6.42 Å². The van der Waals surface area contributed by atoms with Crippen molar-refractivity contribution in [3.05, 3.63) is 29.8 Å². The minimum absolute atomic E-state index is 0.0393. The molecule has 1 aromatic carbocycles. The van der Waals surface area contributed by atoms with Crippen LogP contribution >= 0.6 is 0 Å². The average molecular weight is 290 g/mol. The molecule has 2 atom stereocenters. The zero-order valence-electron chi connectivity index (χ0n) is 13.0. The van der Waals surface area contributed by atoms with Gasteiger partial charge < -0.3 is 15.8 Å². The first kappa shape index (κ1) is 15.8. The van der Waals surface area contributed by atoms with E-state index in [1.165, 1.54) is 5.56 Å². The fourth-order valence-corrected chi connectivity index (χ4v) is 3.17. The highest BCUT2D eigenvalue weighted by molar-refractivity contribution is 5.84. The normalized spacial score (nSPS) is 25.5. The number of hydrogen-bond acceptors (Lipinski definition) is 3. The van der Waals surface area contributed by atoms with E-state index in [2.05, 4.69) is 24.4 Å². The molecule has 0 saturated heterocycles. The van der Waals surface area contributed by atoms with Crippen LogP contribution in [0.15, 0.2) is 24.3 Å². The number of primary amides is 1. The minimum Gasteiger partial charge on any atom is -0.490 e. The van der Waals surface area contributed by atoms with Gasteiger partial charge in [0.2, 0.25) is 5.91 Å². The molecule has 1 amide bonds. The van der Waals surface area contributed by atoms with Gasteiger partial charge in [-0.2, -0.15) is 0 Å². The monoisotopic (exact) mass is 290 g/mol. The van der Waals surface area contributed by atoms with E-state index < -0.39 is 5.54 Å². The maximum atomic E-state index is 11.9. The van der Waals surface area contributed by atoms with Crippen LogP contribution in [-0.4, -0.2) is 24.1 Å². The third-order valence-corrected chi connectivity index (χ3v) is 4.30. The molecule has 116 valence electrons. The molecule has 2 unspecified atom stereocenters. The maximum Gasteiger partial charge on any atom is 0.237 e. The Labute approximate surface area is 127 Å². The largest absolute Gasteiger partial charge is 0.490 e. The molecular weight excluding hydrogens is 264 g/mol. The van der Waals surface area contributed by atoms with E-state index >= 15 is 0 Å². The van der Waals surface area contributed by atoms with E-state index in [-0.39, 0.29) is 12.0 Å². The number of amides is 1. The molecule has 0 radical (unpaired) electrons. The third kappa shape index (κ3) is 3.76. The Bertz CT molecular complexity index is 485. The highest BCUT2D eigenvalue weighted by Gasteiger charge is 2.41. The van der Waals surface area contributed by atoms with Crippen molar-refractivity contribution in [2.24, 2.45) is 5.73 Å². The predicted molar refractivity (Wildman–Crippen MR) is 84.3 cm³/mol. The van der Waals surface area contributed by atoms with E-state index in [9.17, 15) is 4.79 Å². The van der Waals surface area contributed by atoms with E-state index in [0.29, 0.717) is 6.42 Å². The summed E-state index contributed by atoms with van der Waals surface area (Å²) in [5, 5.41) is 3.28. The molecule has 3 N–H and O–H groups in total. The van der Waals surface area contributed by atoms with Gasteiger partial charge in [0.1, 0.15) is 17.4 Å². The summed E-state index contributed by atoms with van der Waals surface area (Å²) in [7, 11) is 0. The summed E-state index contributed by atoms with van der Waals surface area (Å²) in [6, 6.07) is 8.17. The van der Waals surface area contributed by atoms with Crippen molar-refractivity contribution in [2.45, 2.75) is 57.6 Å². The molecule has 1 saturated carbocycles. The number of ether oxygens (including phenoxy) is 1. The van der Waals surface area contributed by atoms with Crippen LogP contribution < -0.4 is 15.8 Å². The van der Waals surface area contributed by atoms with Gasteiger partial charge in [-0.25, -0.2) is 0 Å². The molecule has 1 fully saturated rings. The lowest BCUT2D eigenvalue weighted by atomic mass is 9.79. The standard InChI is InChI=1S/C17H26N2O2/c1-3-13-7-5-8-14(11-13)21-15-9-6-10-17(12-15,16(18)20)19-4-2/h5,7-8,11,15,19H,3-4,6,9-10,12H2,1-2H3,(H2,18,20). The van der Waals surface area contributed by atoms with Crippen molar-refractivity contribution < 1.29 is 9.53 Å². The van der Waals surface area contributed by atoms with E-state index in [1.54, 1.807) is 0 Å². The van der Waals surface area contributed by atoms with Gasteiger partial charge in [0.15, 0.2) is 0 Å². The zero-order chi connectivity index (χ0) is 15.3. The summed E-state index contributed by atoms with van der Waals surface area (Å²) >= 11 is 0. The highest BCUT2D eigenvalue weighted by atomic mass is 16.5. The van der Waals surface area contributed by atoms with Crippen LogP contribution in [0.1, 0.15) is 45.1 Å². The molecule has 2 rings (SSSR count). The molecule has 0 spiro atoms. The molecule has 1 aliphatic rings. The number of carbonyl (C=O) groups excluding carboxylic acids is 1. The van der Waals surface area contributed by atoms with Crippen LogP contribution in [0.4, 0.5) is 0 Å². The van der Waals surface area contributed by atoms with E-state index in [0.717, 1.165) is 38.0 Å². The number of benzene rings is 1. The van der Waals surface area contributed by atoms with Crippen molar-refractivity contribution in [2.75, 3.05) is 6.54 Å². The SMILES string of the molecule is CCNC1(C(N)=O)CCCC(Oc2cccc(CC)c2)C1. The molecule has 0 heterocycles. The summed E-state index contributed by atoms with van der Waals surface area (Å²) in [5.41, 5.74) is 6.28. The number of carbonyl (C=O) groups is 1. The highest BCUT2D eigenvalue weighted by Crippen LogP contribution is 2.31. The number of hydrogen-bond donors (Lipinski definition) is 2. The van der Waals surface area contributed by atoms with Crippen molar-refractivity contribution in [1.82, 2.24) is 5.32 Å². The second-order valence-electron chi connectivity index (χ2n) is 5.81. The third-order valence-electron chi connectivity index (χ3n) is 4.30. The van der Waals surface area contributed by atoms with Crippen molar-refractivity contribution in [1.29, 1.82) is 0 Å². The second kappa shape index (κ2) is 6.94. The topological polar surface area (TPSA) is 64.3 Å². The lowest BCUT2D eigenvalue weighted by molar-refractivity contribution is -0.127. The van der Waals surface area contributed by atoms with Gasteiger partial charge in [-0.3, -0.25) is 4.79 Å². The van der Waals surface area contributed by atoms with Gasteiger partial charge in [0.05, 0.1) is 0 Å². The van der Waals surface area contributed by atoms with Gasteiger partial charge in [0.25, 0.3) is 0 Å². The molecule has 0 bridgehead atoms.